The van der Waals surface area contributed by atoms with E-state index in [4.69, 9.17) is 4.74 Å². The molecule has 1 amide bonds. The number of likely N-dealkylation sites (tertiary alicyclic amines) is 1. The summed E-state index contributed by atoms with van der Waals surface area (Å²) in [7, 11) is 0. The number of aromatic nitrogens is 3. The van der Waals surface area contributed by atoms with Crippen LogP contribution in [0.5, 0.6) is 0 Å². The number of amides is 1. The highest BCUT2D eigenvalue weighted by Crippen LogP contribution is 2.45. The van der Waals surface area contributed by atoms with Gasteiger partial charge in [-0.05, 0) is 55.2 Å². The molecule has 2 aliphatic rings. The first-order valence-corrected chi connectivity index (χ1v) is 12.2. The molecule has 2 fully saturated rings. The molecule has 1 aromatic carbocycles. The van der Waals surface area contributed by atoms with Crippen molar-refractivity contribution < 1.29 is 9.53 Å². The molecule has 4 heterocycles. The van der Waals surface area contributed by atoms with Gasteiger partial charge in [-0.3, -0.25) is 14.7 Å². The largest absolute Gasteiger partial charge is 0.381 e. The van der Waals surface area contributed by atoms with Gasteiger partial charge < -0.3 is 14.2 Å². The Morgan fingerprint density at radius 2 is 1.82 bits per heavy atom. The SMILES string of the molecule is CCN(Cc1ccncc1)C(=O)[C@H]1CN(Cc2ccc(-n3ccnc3)cc2)CC12CCOCC2. The van der Waals surface area contributed by atoms with Crippen molar-refractivity contribution >= 4 is 5.91 Å². The number of ether oxygens (including phenoxy) is 1. The van der Waals surface area contributed by atoms with E-state index in [1.807, 2.05) is 34.1 Å². The lowest BCUT2D eigenvalue weighted by Crippen LogP contribution is -2.46. The summed E-state index contributed by atoms with van der Waals surface area (Å²) in [5.41, 5.74) is 3.49. The first-order chi connectivity index (χ1) is 16.7. The Bertz CT molecular complexity index is 1060. The number of carbonyl (C=O) groups is 1. The van der Waals surface area contributed by atoms with Crippen LogP contribution in [0.2, 0.25) is 0 Å². The molecule has 1 atom stereocenters. The lowest BCUT2D eigenvalue weighted by Gasteiger charge is -2.39. The van der Waals surface area contributed by atoms with Crippen molar-refractivity contribution in [2.75, 3.05) is 32.8 Å². The van der Waals surface area contributed by atoms with Crippen molar-refractivity contribution in [3.63, 3.8) is 0 Å². The van der Waals surface area contributed by atoms with E-state index in [1.54, 1.807) is 18.6 Å². The molecule has 1 spiro atoms. The second-order valence-corrected chi connectivity index (χ2v) is 9.54. The van der Waals surface area contributed by atoms with Gasteiger partial charge in [-0.1, -0.05) is 12.1 Å². The number of pyridine rings is 1. The standard InChI is InChI=1S/C27H33N5O2/c1-2-31(18-23-7-11-28-12-8-23)26(33)25-19-30(20-27(25)9-15-34-16-10-27)17-22-3-5-24(6-4-22)32-14-13-29-21-32/h3-8,11-14,21,25H,2,9-10,15-20H2,1H3/t25-/m1/s1. The smallest absolute Gasteiger partial charge is 0.227 e. The highest BCUT2D eigenvalue weighted by molar-refractivity contribution is 5.80. The van der Waals surface area contributed by atoms with Crippen LogP contribution in [0.25, 0.3) is 5.69 Å². The molecule has 178 valence electrons. The van der Waals surface area contributed by atoms with Crippen molar-refractivity contribution in [2.45, 2.75) is 32.9 Å². The Hall–Kier alpha value is -3.03. The average molecular weight is 460 g/mol. The van der Waals surface area contributed by atoms with Gasteiger partial charge in [0.25, 0.3) is 0 Å². The molecule has 5 rings (SSSR count). The summed E-state index contributed by atoms with van der Waals surface area (Å²) in [5, 5.41) is 0. The van der Waals surface area contributed by atoms with Crippen LogP contribution in [0.3, 0.4) is 0 Å². The van der Waals surface area contributed by atoms with E-state index >= 15 is 0 Å². The Balaban J connectivity index is 1.31. The van der Waals surface area contributed by atoms with Crippen LogP contribution in [-0.4, -0.2) is 63.1 Å². The average Bonchev–Trinajstić information content (AvgIpc) is 3.53. The molecular weight excluding hydrogens is 426 g/mol. The Labute approximate surface area is 201 Å². The fourth-order valence-corrected chi connectivity index (χ4v) is 5.53. The van der Waals surface area contributed by atoms with Gasteiger partial charge in [-0.15, -0.1) is 0 Å². The van der Waals surface area contributed by atoms with Gasteiger partial charge >= 0.3 is 0 Å². The second-order valence-electron chi connectivity index (χ2n) is 9.54. The lowest BCUT2D eigenvalue weighted by atomic mass is 9.71. The highest BCUT2D eigenvalue weighted by atomic mass is 16.5. The van der Waals surface area contributed by atoms with Crippen LogP contribution in [0, 0.1) is 11.3 Å². The van der Waals surface area contributed by atoms with Crippen molar-refractivity contribution in [3.05, 3.63) is 78.6 Å². The number of imidazole rings is 1. The molecule has 0 radical (unpaired) electrons. The molecular formula is C27H33N5O2. The Kier molecular flexibility index (Phi) is 6.74. The molecule has 0 N–H and O–H groups in total. The summed E-state index contributed by atoms with van der Waals surface area (Å²) in [4.78, 5) is 26.6. The third-order valence-corrected chi connectivity index (χ3v) is 7.47. The van der Waals surface area contributed by atoms with Gasteiger partial charge in [-0.2, -0.15) is 0 Å². The van der Waals surface area contributed by atoms with Crippen LogP contribution in [0.1, 0.15) is 30.9 Å². The molecule has 0 saturated carbocycles. The van der Waals surface area contributed by atoms with Gasteiger partial charge in [-0.25, -0.2) is 4.98 Å². The molecule has 34 heavy (non-hydrogen) atoms. The van der Waals surface area contributed by atoms with Crippen LogP contribution < -0.4 is 0 Å². The monoisotopic (exact) mass is 459 g/mol. The topological polar surface area (TPSA) is 63.5 Å². The third-order valence-electron chi connectivity index (χ3n) is 7.47. The zero-order valence-corrected chi connectivity index (χ0v) is 19.8. The summed E-state index contributed by atoms with van der Waals surface area (Å²) in [6, 6.07) is 12.6. The second kappa shape index (κ2) is 10.1. The number of benzene rings is 1. The fraction of sp³-hybridized carbons (Fsp3) is 0.444. The quantitative estimate of drug-likeness (QED) is 0.541. The number of hydrogen-bond donors (Lipinski definition) is 0. The van der Waals surface area contributed by atoms with E-state index in [0.29, 0.717) is 13.1 Å². The summed E-state index contributed by atoms with van der Waals surface area (Å²) < 4.78 is 7.72. The summed E-state index contributed by atoms with van der Waals surface area (Å²) >= 11 is 0. The molecule has 0 unspecified atom stereocenters. The number of rotatable bonds is 7. The van der Waals surface area contributed by atoms with E-state index in [0.717, 1.165) is 56.9 Å². The zero-order valence-electron chi connectivity index (χ0n) is 19.8. The molecule has 7 heteroatoms. The Morgan fingerprint density at radius 3 is 2.50 bits per heavy atom. The molecule has 0 aliphatic carbocycles. The lowest BCUT2D eigenvalue weighted by molar-refractivity contribution is -0.141. The van der Waals surface area contributed by atoms with Crippen molar-refractivity contribution in [1.82, 2.24) is 24.3 Å². The van der Waals surface area contributed by atoms with E-state index in [1.165, 1.54) is 5.56 Å². The first-order valence-electron chi connectivity index (χ1n) is 12.2. The molecule has 0 bridgehead atoms. The molecule has 2 aliphatic heterocycles. The van der Waals surface area contributed by atoms with Crippen molar-refractivity contribution in [3.8, 4) is 5.69 Å². The van der Waals surface area contributed by atoms with Crippen LogP contribution in [0.15, 0.2) is 67.5 Å². The van der Waals surface area contributed by atoms with Gasteiger partial charge in [0.05, 0.1) is 12.2 Å². The van der Waals surface area contributed by atoms with E-state index in [-0.39, 0.29) is 17.2 Å². The van der Waals surface area contributed by atoms with Crippen LogP contribution >= 0.6 is 0 Å². The van der Waals surface area contributed by atoms with E-state index in [9.17, 15) is 4.79 Å². The minimum Gasteiger partial charge on any atom is -0.381 e. The Morgan fingerprint density at radius 1 is 1.06 bits per heavy atom. The van der Waals surface area contributed by atoms with Gasteiger partial charge in [0, 0.05) is 81.8 Å². The number of carbonyl (C=O) groups excluding carboxylic acids is 1. The van der Waals surface area contributed by atoms with E-state index in [2.05, 4.69) is 46.1 Å². The van der Waals surface area contributed by atoms with Crippen molar-refractivity contribution in [2.24, 2.45) is 11.3 Å². The fourth-order valence-electron chi connectivity index (χ4n) is 5.53. The van der Waals surface area contributed by atoms with Crippen molar-refractivity contribution in [1.29, 1.82) is 0 Å². The van der Waals surface area contributed by atoms with E-state index < -0.39 is 0 Å². The van der Waals surface area contributed by atoms with Crippen LogP contribution in [-0.2, 0) is 22.6 Å². The maximum atomic E-state index is 13.9. The predicted octanol–water partition coefficient (Wildman–Crippen LogP) is 3.54. The molecule has 2 aromatic heterocycles. The normalized spacial score (nSPS) is 20.0. The van der Waals surface area contributed by atoms with Crippen LogP contribution in [0.4, 0.5) is 0 Å². The van der Waals surface area contributed by atoms with Gasteiger partial charge in [0.1, 0.15) is 0 Å². The summed E-state index contributed by atoms with van der Waals surface area (Å²) in [5.74, 6) is 0.280. The zero-order chi connectivity index (χ0) is 23.4. The minimum atomic E-state index is -0.00223. The number of nitrogens with zero attached hydrogens (tertiary/aromatic N) is 5. The summed E-state index contributed by atoms with van der Waals surface area (Å²) in [6.07, 6.45) is 11.0. The minimum absolute atomic E-state index is 0.00223. The third kappa shape index (κ3) is 4.76. The first kappa shape index (κ1) is 22.7. The molecule has 2 saturated heterocycles. The summed E-state index contributed by atoms with van der Waals surface area (Å²) in [6.45, 7) is 7.51. The maximum Gasteiger partial charge on any atom is 0.227 e. The number of hydrogen-bond acceptors (Lipinski definition) is 5. The highest BCUT2D eigenvalue weighted by Gasteiger charge is 2.51. The van der Waals surface area contributed by atoms with Gasteiger partial charge in [0.2, 0.25) is 5.91 Å². The maximum absolute atomic E-state index is 13.9. The molecule has 3 aromatic rings. The molecule has 7 nitrogen and oxygen atoms in total. The van der Waals surface area contributed by atoms with Gasteiger partial charge in [0.15, 0.2) is 0 Å². The predicted molar refractivity (Wildman–Crippen MR) is 130 cm³/mol.